The zero-order chi connectivity index (χ0) is 14.8. The highest BCUT2D eigenvalue weighted by atomic mass is 19.1. The standard InChI is InChI=1S/C17H16FNO2/c1-2-19-13(10-15-16(19)7-4-8-17(15)20)11-21-14-6-3-5-12(18)9-14/h3-10,20H,2,11H2,1H3. The van der Waals surface area contributed by atoms with Crippen LogP contribution in [-0.2, 0) is 13.2 Å². The number of fused-ring (bicyclic) bond motifs is 1. The molecule has 0 amide bonds. The fourth-order valence-electron chi connectivity index (χ4n) is 2.53. The first kappa shape index (κ1) is 13.5. The molecule has 21 heavy (non-hydrogen) atoms. The maximum atomic E-state index is 13.1. The highest BCUT2D eigenvalue weighted by molar-refractivity contribution is 5.87. The van der Waals surface area contributed by atoms with Crippen LogP contribution in [-0.4, -0.2) is 9.67 Å². The molecule has 0 atom stereocenters. The number of hydrogen-bond donors (Lipinski definition) is 1. The summed E-state index contributed by atoms with van der Waals surface area (Å²) in [6.45, 7) is 3.13. The van der Waals surface area contributed by atoms with Gasteiger partial charge >= 0.3 is 0 Å². The van der Waals surface area contributed by atoms with Crippen LogP contribution in [0.25, 0.3) is 10.9 Å². The number of phenols is 1. The topological polar surface area (TPSA) is 34.4 Å². The van der Waals surface area contributed by atoms with Gasteiger partial charge in [0.05, 0.1) is 11.2 Å². The van der Waals surface area contributed by atoms with E-state index in [1.807, 2.05) is 25.1 Å². The predicted molar refractivity (Wildman–Crippen MR) is 80.0 cm³/mol. The number of ether oxygens (including phenoxy) is 1. The average Bonchev–Trinajstić information content (AvgIpc) is 2.84. The van der Waals surface area contributed by atoms with Crippen molar-refractivity contribution >= 4 is 10.9 Å². The lowest BCUT2D eigenvalue weighted by molar-refractivity contribution is 0.294. The molecule has 108 valence electrons. The second kappa shape index (κ2) is 5.48. The van der Waals surface area contributed by atoms with Crippen molar-refractivity contribution < 1.29 is 14.2 Å². The van der Waals surface area contributed by atoms with Crippen LogP contribution in [0, 0.1) is 5.82 Å². The van der Waals surface area contributed by atoms with E-state index in [1.165, 1.54) is 12.1 Å². The SMILES string of the molecule is CCn1c(COc2cccc(F)c2)cc2c(O)cccc21. The van der Waals surface area contributed by atoms with Crippen molar-refractivity contribution in [2.45, 2.75) is 20.1 Å². The summed E-state index contributed by atoms with van der Waals surface area (Å²) >= 11 is 0. The Balaban J connectivity index is 1.91. The van der Waals surface area contributed by atoms with Crippen LogP contribution in [0.1, 0.15) is 12.6 Å². The number of aromatic nitrogens is 1. The van der Waals surface area contributed by atoms with Gasteiger partial charge in [0, 0.05) is 18.0 Å². The lowest BCUT2D eigenvalue weighted by Gasteiger charge is -2.10. The fourth-order valence-corrected chi connectivity index (χ4v) is 2.53. The summed E-state index contributed by atoms with van der Waals surface area (Å²) in [6, 6.07) is 13.4. The Labute approximate surface area is 122 Å². The molecule has 0 radical (unpaired) electrons. The van der Waals surface area contributed by atoms with Gasteiger partial charge in [-0.3, -0.25) is 0 Å². The van der Waals surface area contributed by atoms with Gasteiger partial charge in [-0.2, -0.15) is 0 Å². The number of phenolic OH excluding ortho intramolecular Hbond substituents is 1. The van der Waals surface area contributed by atoms with Gasteiger partial charge in [0.25, 0.3) is 0 Å². The normalized spacial score (nSPS) is 11.0. The molecule has 2 aromatic carbocycles. The number of benzene rings is 2. The molecule has 1 N–H and O–H groups in total. The molecule has 4 heteroatoms. The number of halogens is 1. The smallest absolute Gasteiger partial charge is 0.128 e. The second-order valence-corrected chi connectivity index (χ2v) is 4.84. The summed E-state index contributed by atoms with van der Waals surface area (Å²) in [6.07, 6.45) is 0. The first-order chi connectivity index (χ1) is 10.2. The second-order valence-electron chi connectivity index (χ2n) is 4.84. The van der Waals surface area contributed by atoms with Gasteiger partial charge in [-0.15, -0.1) is 0 Å². The van der Waals surface area contributed by atoms with Gasteiger partial charge in [-0.1, -0.05) is 12.1 Å². The number of aromatic hydroxyl groups is 1. The van der Waals surface area contributed by atoms with Crippen molar-refractivity contribution in [1.29, 1.82) is 0 Å². The summed E-state index contributed by atoms with van der Waals surface area (Å²) in [5.41, 5.74) is 1.91. The largest absolute Gasteiger partial charge is 0.507 e. The lowest BCUT2D eigenvalue weighted by atomic mass is 10.2. The van der Waals surface area contributed by atoms with E-state index in [1.54, 1.807) is 18.2 Å². The number of rotatable bonds is 4. The molecular weight excluding hydrogens is 269 g/mol. The van der Waals surface area contributed by atoms with Gasteiger partial charge in [-0.05, 0) is 37.3 Å². The summed E-state index contributed by atoms with van der Waals surface area (Å²) in [5.74, 6) is 0.431. The third-order valence-corrected chi connectivity index (χ3v) is 3.51. The highest BCUT2D eigenvalue weighted by Crippen LogP contribution is 2.28. The average molecular weight is 285 g/mol. The molecule has 0 aliphatic carbocycles. The number of nitrogens with zero attached hydrogens (tertiary/aromatic N) is 1. The van der Waals surface area contributed by atoms with E-state index in [9.17, 15) is 9.50 Å². The van der Waals surface area contributed by atoms with E-state index in [4.69, 9.17) is 4.74 Å². The minimum atomic E-state index is -0.318. The van der Waals surface area contributed by atoms with Crippen LogP contribution in [0.4, 0.5) is 4.39 Å². The number of hydrogen-bond acceptors (Lipinski definition) is 2. The van der Waals surface area contributed by atoms with Crippen LogP contribution in [0.3, 0.4) is 0 Å². The molecule has 3 aromatic rings. The van der Waals surface area contributed by atoms with Crippen LogP contribution < -0.4 is 4.74 Å². The van der Waals surface area contributed by atoms with E-state index >= 15 is 0 Å². The third-order valence-electron chi connectivity index (χ3n) is 3.51. The Hall–Kier alpha value is -2.49. The first-order valence-corrected chi connectivity index (χ1v) is 6.87. The van der Waals surface area contributed by atoms with Gasteiger partial charge in [0.1, 0.15) is 23.9 Å². The van der Waals surface area contributed by atoms with Crippen LogP contribution in [0.5, 0.6) is 11.5 Å². The molecule has 0 saturated carbocycles. The van der Waals surface area contributed by atoms with E-state index < -0.39 is 0 Å². The maximum Gasteiger partial charge on any atom is 0.128 e. The Morgan fingerprint density at radius 1 is 1.14 bits per heavy atom. The van der Waals surface area contributed by atoms with E-state index in [2.05, 4.69) is 4.57 Å². The molecule has 0 aliphatic heterocycles. The van der Waals surface area contributed by atoms with Gasteiger partial charge in [0.15, 0.2) is 0 Å². The molecule has 0 spiro atoms. The Morgan fingerprint density at radius 3 is 2.71 bits per heavy atom. The minimum Gasteiger partial charge on any atom is -0.507 e. The molecule has 3 nitrogen and oxygen atoms in total. The van der Waals surface area contributed by atoms with Crippen molar-refractivity contribution in [3.8, 4) is 11.5 Å². The molecule has 1 heterocycles. The van der Waals surface area contributed by atoms with Crippen molar-refractivity contribution in [3.05, 3.63) is 60.0 Å². The van der Waals surface area contributed by atoms with Crippen molar-refractivity contribution in [2.24, 2.45) is 0 Å². The van der Waals surface area contributed by atoms with E-state index in [0.29, 0.717) is 12.4 Å². The fraction of sp³-hybridized carbons (Fsp3) is 0.176. The zero-order valence-corrected chi connectivity index (χ0v) is 11.7. The quantitative estimate of drug-likeness (QED) is 0.783. The van der Waals surface area contributed by atoms with Crippen LogP contribution in [0.15, 0.2) is 48.5 Å². The molecule has 0 fully saturated rings. The van der Waals surface area contributed by atoms with Gasteiger partial charge in [0.2, 0.25) is 0 Å². The summed E-state index contributed by atoms with van der Waals surface area (Å²) < 4.78 is 20.9. The van der Waals surface area contributed by atoms with Crippen molar-refractivity contribution in [1.82, 2.24) is 4.57 Å². The highest BCUT2D eigenvalue weighted by Gasteiger charge is 2.10. The Kier molecular flexibility index (Phi) is 3.52. The maximum absolute atomic E-state index is 13.1. The van der Waals surface area contributed by atoms with Crippen LogP contribution >= 0.6 is 0 Å². The van der Waals surface area contributed by atoms with Gasteiger partial charge < -0.3 is 14.4 Å². The minimum absolute atomic E-state index is 0.256. The summed E-state index contributed by atoms with van der Waals surface area (Å²) in [4.78, 5) is 0. The van der Waals surface area contributed by atoms with E-state index in [-0.39, 0.29) is 11.6 Å². The van der Waals surface area contributed by atoms with Crippen LogP contribution in [0.2, 0.25) is 0 Å². The van der Waals surface area contributed by atoms with Crippen molar-refractivity contribution in [2.75, 3.05) is 0 Å². The summed E-state index contributed by atoms with van der Waals surface area (Å²) in [5, 5.41) is 10.7. The lowest BCUT2D eigenvalue weighted by Crippen LogP contribution is -2.04. The molecular formula is C17H16FNO2. The molecule has 1 aromatic heterocycles. The zero-order valence-electron chi connectivity index (χ0n) is 11.7. The molecule has 0 saturated heterocycles. The Morgan fingerprint density at radius 2 is 1.95 bits per heavy atom. The molecule has 3 rings (SSSR count). The molecule has 0 aliphatic rings. The van der Waals surface area contributed by atoms with Crippen molar-refractivity contribution in [3.63, 3.8) is 0 Å². The third kappa shape index (κ3) is 2.57. The summed E-state index contributed by atoms with van der Waals surface area (Å²) in [7, 11) is 0. The molecule has 0 unspecified atom stereocenters. The van der Waals surface area contributed by atoms with Gasteiger partial charge in [-0.25, -0.2) is 4.39 Å². The molecule has 0 bridgehead atoms. The monoisotopic (exact) mass is 285 g/mol. The predicted octanol–water partition coefficient (Wildman–Crippen LogP) is 4.08. The first-order valence-electron chi connectivity index (χ1n) is 6.87. The Bertz CT molecular complexity index is 780. The number of aryl methyl sites for hydroxylation is 1. The van der Waals surface area contributed by atoms with E-state index in [0.717, 1.165) is 23.1 Å².